The minimum atomic E-state index is -5.57. The molecular formula is C37H64N7O17P3S. The van der Waals surface area contributed by atoms with E-state index in [-0.39, 0.29) is 41.6 Å². The second kappa shape index (κ2) is 27.3. The number of anilines is 1. The molecule has 0 spiro atoms. The van der Waals surface area contributed by atoms with E-state index in [1.807, 2.05) is 0 Å². The summed E-state index contributed by atoms with van der Waals surface area (Å²) < 4.78 is 62.4. The molecule has 7 unspecified atom stereocenters. The predicted molar refractivity (Wildman–Crippen MR) is 237 cm³/mol. The van der Waals surface area contributed by atoms with Gasteiger partial charge in [-0.1, -0.05) is 83.2 Å². The molecule has 3 rings (SSSR count). The Bertz CT molecular complexity index is 2010. The molecule has 65 heavy (non-hydrogen) atoms. The Labute approximate surface area is 381 Å². The number of carbonyl (C=O) groups excluding carboxylic acids is 3. The molecule has 0 radical (unpaired) electrons. The maximum atomic E-state index is 12.7. The molecule has 1 fully saturated rings. The number of rotatable bonds is 32. The van der Waals surface area contributed by atoms with Gasteiger partial charge in [0.1, 0.15) is 36.3 Å². The number of thioether (sulfide) groups is 1. The number of aliphatic hydroxyl groups is 2. The summed E-state index contributed by atoms with van der Waals surface area (Å²) in [6, 6.07) is 0. The number of unbranched alkanes of at least 4 members (excludes halogenated alkanes) is 9. The summed E-state index contributed by atoms with van der Waals surface area (Å²) in [5, 5.41) is 26.6. The fourth-order valence-corrected chi connectivity index (χ4v) is 9.90. The van der Waals surface area contributed by atoms with E-state index < -0.39 is 84.6 Å². The summed E-state index contributed by atoms with van der Waals surface area (Å²) in [5.41, 5.74) is 4.28. The number of allylic oxidation sites excluding steroid dienone is 2. The summed E-state index contributed by atoms with van der Waals surface area (Å²) in [6.45, 7) is 2.77. The molecule has 2 amide bonds. The Morgan fingerprint density at radius 1 is 0.923 bits per heavy atom. The number of hydrogen-bond donors (Lipinski definition) is 9. The van der Waals surface area contributed by atoms with Crippen molar-refractivity contribution in [3.8, 4) is 0 Å². The Hall–Kier alpha value is -2.70. The number of nitrogens with zero attached hydrogens (tertiary/aromatic N) is 4. The lowest BCUT2D eigenvalue weighted by molar-refractivity contribution is -0.137. The van der Waals surface area contributed by atoms with Crippen LogP contribution in [-0.4, -0.2) is 123 Å². The van der Waals surface area contributed by atoms with Gasteiger partial charge in [-0.3, -0.25) is 32.5 Å². The zero-order valence-electron chi connectivity index (χ0n) is 36.7. The number of nitrogens with two attached hydrogens (primary N) is 1. The number of amides is 2. The predicted octanol–water partition coefficient (Wildman–Crippen LogP) is 3.92. The minimum absolute atomic E-state index is 0.0326. The molecule has 24 nitrogen and oxygen atoms in total. The van der Waals surface area contributed by atoms with Gasteiger partial charge in [0.15, 0.2) is 22.8 Å². The topological polar surface area (TPSA) is 364 Å². The fraction of sp³-hybridized carbons (Fsp3) is 0.730. The van der Waals surface area contributed by atoms with Gasteiger partial charge in [-0.15, -0.1) is 0 Å². The van der Waals surface area contributed by atoms with Crippen molar-refractivity contribution in [3.05, 3.63) is 24.8 Å². The van der Waals surface area contributed by atoms with Crippen molar-refractivity contribution in [2.75, 3.05) is 37.8 Å². The zero-order valence-corrected chi connectivity index (χ0v) is 40.2. The van der Waals surface area contributed by atoms with Crippen LogP contribution in [-0.2, 0) is 50.7 Å². The number of carbonyl (C=O) groups is 3. The molecule has 7 atom stereocenters. The van der Waals surface area contributed by atoms with E-state index in [4.69, 9.17) is 19.5 Å². The van der Waals surface area contributed by atoms with Crippen molar-refractivity contribution in [2.45, 2.75) is 135 Å². The lowest BCUT2D eigenvalue weighted by Gasteiger charge is -2.30. The molecule has 0 aliphatic carbocycles. The van der Waals surface area contributed by atoms with Crippen LogP contribution in [0.4, 0.5) is 5.82 Å². The maximum Gasteiger partial charge on any atom is 0.481 e. The van der Waals surface area contributed by atoms with Crippen LogP contribution >= 0.6 is 35.2 Å². The molecule has 10 N–H and O–H groups in total. The van der Waals surface area contributed by atoms with Crippen molar-refractivity contribution in [3.63, 3.8) is 0 Å². The molecule has 0 aromatic carbocycles. The van der Waals surface area contributed by atoms with Crippen LogP contribution < -0.4 is 16.4 Å². The molecule has 3 heterocycles. The van der Waals surface area contributed by atoms with E-state index in [1.165, 1.54) is 58.8 Å². The van der Waals surface area contributed by atoms with E-state index in [2.05, 4.69) is 53.5 Å². The normalized spacial score (nSPS) is 20.4. The van der Waals surface area contributed by atoms with Crippen LogP contribution in [0.25, 0.3) is 11.2 Å². The molecule has 28 heteroatoms. The van der Waals surface area contributed by atoms with Crippen LogP contribution in [0.5, 0.6) is 0 Å². The van der Waals surface area contributed by atoms with Gasteiger partial charge in [0.25, 0.3) is 0 Å². The molecule has 2 aromatic rings. The van der Waals surface area contributed by atoms with Crippen molar-refractivity contribution in [1.82, 2.24) is 30.2 Å². The van der Waals surface area contributed by atoms with Crippen LogP contribution in [0.2, 0.25) is 0 Å². The molecule has 0 saturated carbocycles. The first kappa shape index (κ1) is 56.6. The number of fused-ring (bicyclic) bond motifs is 1. The van der Waals surface area contributed by atoms with Crippen LogP contribution in [0.3, 0.4) is 0 Å². The number of hydrogen-bond acceptors (Lipinski definition) is 18. The number of imidazole rings is 1. The highest BCUT2D eigenvalue weighted by Gasteiger charge is 2.50. The molecule has 1 saturated heterocycles. The first-order valence-electron chi connectivity index (χ1n) is 21.3. The van der Waals surface area contributed by atoms with Crippen molar-refractivity contribution in [2.24, 2.45) is 5.41 Å². The molecule has 0 bridgehead atoms. The minimum Gasteiger partial charge on any atom is -0.386 e. The smallest absolute Gasteiger partial charge is 0.386 e. The second-order valence-corrected chi connectivity index (χ2v) is 21.3. The summed E-state index contributed by atoms with van der Waals surface area (Å²) >= 11 is 1.14. The Balaban J connectivity index is 1.33. The van der Waals surface area contributed by atoms with Gasteiger partial charge in [-0.25, -0.2) is 28.6 Å². The molecule has 370 valence electrons. The highest BCUT2D eigenvalue weighted by Crippen LogP contribution is 2.61. The molecule has 1 aliphatic rings. The van der Waals surface area contributed by atoms with Crippen LogP contribution in [0.1, 0.15) is 110 Å². The van der Waals surface area contributed by atoms with E-state index in [1.54, 1.807) is 0 Å². The molecule has 1 aliphatic heterocycles. The third-order valence-electron chi connectivity index (χ3n) is 9.91. The van der Waals surface area contributed by atoms with E-state index in [0.29, 0.717) is 12.2 Å². The Morgan fingerprint density at radius 3 is 2.25 bits per heavy atom. The summed E-state index contributed by atoms with van der Waals surface area (Å²) in [5.74, 6) is -1.04. The van der Waals surface area contributed by atoms with Gasteiger partial charge in [-0.2, -0.15) is 4.31 Å². The van der Waals surface area contributed by atoms with Gasteiger partial charge in [-0.05, 0) is 32.1 Å². The second-order valence-electron chi connectivity index (χ2n) is 15.9. The molecular weight excluding hydrogens is 939 g/mol. The lowest BCUT2D eigenvalue weighted by Crippen LogP contribution is -2.46. The quantitative estimate of drug-likeness (QED) is 0.0285. The lowest BCUT2D eigenvalue weighted by atomic mass is 9.87. The maximum absolute atomic E-state index is 12.7. The number of phosphoric acid groups is 3. The van der Waals surface area contributed by atoms with Gasteiger partial charge < -0.3 is 50.9 Å². The summed E-state index contributed by atoms with van der Waals surface area (Å²) in [7, 11) is -16.4. The summed E-state index contributed by atoms with van der Waals surface area (Å²) in [6.07, 6.45) is 10.7. The fourth-order valence-electron chi connectivity index (χ4n) is 6.35. The zero-order chi connectivity index (χ0) is 48.3. The van der Waals surface area contributed by atoms with E-state index in [0.717, 1.165) is 54.7 Å². The van der Waals surface area contributed by atoms with Crippen molar-refractivity contribution < 1.29 is 80.5 Å². The van der Waals surface area contributed by atoms with Gasteiger partial charge >= 0.3 is 23.5 Å². The number of nitrogen functional groups attached to an aromatic ring is 1. The van der Waals surface area contributed by atoms with E-state index in [9.17, 15) is 57.9 Å². The Kier molecular flexibility index (Phi) is 23.8. The van der Waals surface area contributed by atoms with Crippen molar-refractivity contribution >= 4 is 69.1 Å². The number of ether oxygens (including phenoxy) is 1. The first-order valence-corrected chi connectivity index (χ1v) is 26.8. The third-order valence-corrected chi connectivity index (χ3v) is 13.9. The number of nitrogens with one attached hydrogen (secondary N) is 2. The SMILES string of the molecule is CCCCCCCCC/C=C/CCCCC(=O)SCCNC(=O)CCNC(=O)C(O)C(C)(C)COP(=O)(O)OP(=O)(O)OCC1OC(n2cnc3c(N)ncnc32)C(O)C1OP(=O)(O)O. The Morgan fingerprint density at radius 2 is 1.57 bits per heavy atom. The largest absolute Gasteiger partial charge is 0.481 e. The monoisotopic (exact) mass is 1000 g/mol. The highest BCUT2D eigenvalue weighted by atomic mass is 32.2. The van der Waals surface area contributed by atoms with Gasteiger partial charge in [0.2, 0.25) is 11.8 Å². The average Bonchev–Trinajstić information content (AvgIpc) is 3.79. The first-order chi connectivity index (χ1) is 30.6. The average molecular weight is 1000 g/mol. The number of aromatic nitrogens is 4. The summed E-state index contributed by atoms with van der Waals surface area (Å²) in [4.78, 5) is 88.2. The number of aliphatic hydroxyl groups excluding tert-OH is 2. The van der Waals surface area contributed by atoms with Crippen LogP contribution in [0.15, 0.2) is 24.8 Å². The van der Waals surface area contributed by atoms with Crippen molar-refractivity contribution in [1.29, 1.82) is 0 Å². The number of phosphoric ester groups is 3. The van der Waals surface area contributed by atoms with Gasteiger partial charge in [0, 0.05) is 37.1 Å². The standard InChI is InChI=1S/C37H64N7O17P3S/c1-4-5-6-7-8-9-10-11-12-13-14-15-16-17-28(46)65-21-20-39-27(45)18-19-40-35(49)32(48)37(2,3)23-58-64(55,56)61-63(53,54)57-22-26-31(60-62(50,51)52)30(47)36(59-26)44-25-43-29-33(38)41-24-42-34(29)44/h12-13,24-26,30-32,36,47-48H,4-11,14-23H2,1-3H3,(H,39,45)(H,40,49)(H,53,54)(H,55,56)(H2,38,41,42)(H2,50,51,52)/b13-12+. The van der Waals surface area contributed by atoms with Gasteiger partial charge in [0.05, 0.1) is 19.5 Å². The molecule has 2 aromatic heterocycles. The highest BCUT2D eigenvalue weighted by molar-refractivity contribution is 8.13. The van der Waals surface area contributed by atoms with Crippen LogP contribution in [0, 0.1) is 5.41 Å². The third kappa shape index (κ3) is 20.6. The van der Waals surface area contributed by atoms with E-state index >= 15 is 0 Å².